The van der Waals surface area contributed by atoms with Crippen molar-refractivity contribution in [1.29, 1.82) is 0 Å². The Morgan fingerprint density at radius 3 is 1.58 bits per heavy atom. The molecule has 0 bridgehead atoms. The first-order chi connectivity index (χ1) is 15.7. The predicted molar refractivity (Wildman–Crippen MR) is 132 cm³/mol. The maximum atomic E-state index is 10.7. The summed E-state index contributed by atoms with van der Waals surface area (Å²) >= 11 is 0. The first kappa shape index (κ1) is 22.1. The fraction of sp³-hybridized carbons (Fsp3) is 0.143. The summed E-state index contributed by atoms with van der Waals surface area (Å²) in [5.41, 5.74) is 5.53. The van der Waals surface area contributed by atoms with Crippen molar-refractivity contribution in [3.63, 3.8) is 0 Å². The number of aryl methyl sites for hydroxylation is 4. The van der Waals surface area contributed by atoms with E-state index in [-0.39, 0.29) is 17.2 Å². The Bertz CT molecular complexity index is 1240. The van der Waals surface area contributed by atoms with Crippen molar-refractivity contribution in [2.75, 3.05) is 4.90 Å². The van der Waals surface area contributed by atoms with Crippen molar-refractivity contribution in [3.05, 3.63) is 95.1 Å². The van der Waals surface area contributed by atoms with Crippen molar-refractivity contribution in [1.82, 2.24) is 0 Å². The van der Waals surface area contributed by atoms with Crippen LogP contribution in [-0.2, 0) is 0 Å². The Hall–Kier alpha value is -4.12. The lowest BCUT2D eigenvalue weighted by Gasteiger charge is -2.27. The van der Waals surface area contributed by atoms with E-state index in [2.05, 4.69) is 0 Å². The molecular formula is C28H27NO4. The predicted octanol–water partition coefficient (Wildman–Crippen LogP) is 7.30. The Kier molecular flexibility index (Phi) is 5.88. The Morgan fingerprint density at radius 1 is 0.606 bits per heavy atom. The van der Waals surface area contributed by atoms with E-state index in [9.17, 15) is 15.3 Å². The number of ether oxygens (including phenoxy) is 1. The van der Waals surface area contributed by atoms with E-state index in [0.717, 1.165) is 27.9 Å². The number of phenolic OH excluding ortho intramolecular Hbond substituents is 3. The van der Waals surface area contributed by atoms with Crippen molar-refractivity contribution in [2.45, 2.75) is 27.7 Å². The molecule has 4 aromatic carbocycles. The molecule has 0 fully saturated rings. The van der Waals surface area contributed by atoms with Gasteiger partial charge >= 0.3 is 0 Å². The number of rotatable bonds is 5. The standard InChI is InChI=1S/C28H27NO4/c1-17-5-11-26(31)24(13-17)29(25-14-18(2)6-12-27(25)32)21-7-9-23(10-8-21)33-28-19(3)15-22(30)16-20(28)4/h5-16,30-32H,1-4H3. The molecule has 0 atom stereocenters. The zero-order valence-corrected chi connectivity index (χ0v) is 19.1. The molecule has 0 spiro atoms. The van der Waals surface area contributed by atoms with Gasteiger partial charge in [-0.05, 0) is 111 Å². The quantitative estimate of drug-likeness (QED) is 0.303. The molecule has 0 heterocycles. The summed E-state index contributed by atoms with van der Waals surface area (Å²) < 4.78 is 6.10. The zero-order valence-electron chi connectivity index (χ0n) is 19.1. The second kappa shape index (κ2) is 8.79. The average molecular weight is 442 g/mol. The molecule has 0 radical (unpaired) electrons. The molecule has 4 aromatic rings. The number of aromatic hydroxyl groups is 3. The van der Waals surface area contributed by atoms with Crippen LogP contribution in [0.4, 0.5) is 17.1 Å². The second-order valence-corrected chi connectivity index (χ2v) is 8.32. The molecule has 0 saturated heterocycles. The molecule has 168 valence electrons. The zero-order chi connectivity index (χ0) is 23.7. The van der Waals surface area contributed by atoms with Gasteiger partial charge in [-0.3, -0.25) is 0 Å². The van der Waals surface area contributed by atoms with Crippen LogP contribution in [0, 0.1) is 27.7 Å². The SMILES string of the molecule is Cc1ccc(O)c(N(c2ccc(Oc3c(C)cc(O)cc3C)cc2)c2cc(C)ccc2O)c1. The fourth-order valence-electron chi connectivity index (χ4n) is 3.90. The van der Waals surface area contributed by atoms with Crippen molar-refractivity contribution >= 4 is 17.1 Å². The number of hydrogen-bond acceptors (Lipinski definition) is 5. The van der Waals surface area contributed by atoms with Gasteiger partial charge in [-0.2, -0.15) is 0 Å². The summed E-state index contributed by atoms with van der Waals surface area (Å²) in [5, 5.41) is 31.1. The van der Waals surface area contributed by atoms with Crippen LogP contribution in [0.1, 0.15) is 22.3 Å². The highest BCUT2D eigenvalue weighted by molar-refractivity contribution is 5.83. The summed E-state index contributed by atoms with van der Waals surface area (Å²) in [6.45, 7) is 7.69. The minimum absolute atomic E-state index is 0.108. The van der Waals surface area contributed by atoms with Gasteiger partial charge in [-0.1, -0.05) is 12.1 Å². The van der Waals surface area contributed by atoms with Crippen molar-refractivity contribution < 1.29 is 20.1 Å². The van der Waals surface area contributed by atoms with Gasteiger partial charge in [0.05, 0.1) is 11.4 Å². The van der Waals surface area contributed by atoms with E-state index in [1.165, 1.54) is 0 Å². The number of hydrogen-bond donors (Lipinski definition) is 3. The molecule has 0 aliphatic carbocycles. The topological polar surface area (TPSA) is 73.2 Å². The van der Waals surface area contributed by atoms with Gasteiger partial charge in [0, 0.05) is 5.69 Å². The van der Waals surface area contributed by atoms with Gasteiger partial charge in [0.15, 0.2) is 0 Å². The Labute approximate surface area is 193 Å². The third kappa shape index (κ3) is 4.58. The van der Waals surface area contributed by atoms with E-state index >= 15 is 0 Å². The third-order valence-corrected chi connectivity index (χ3v) is 5.50. The smallest absolute Gasteiger partial charge is 0.139 e. The molecule has 4 rings (SSSR count). The van der Waals surface area contributed by atoms with Crippen LogP contribution >= 0.6 is 0 Å². The summed E-state index contributed by atoms with van der Waals surface area (Å²) in [4.78, 5) is 1.82. The van der Waals surface area contributed by atoms with Gasteiger partial charge in [-0.25, -0.2) is 0 Å². The summed E-state index contributed by atoms with van der Waals surface area (Å²) in [5.74, 6) is 1.76. The lowest BCUT2D eigenvalue weighted by atomic mass is 10.1. The van der Waals surface area contributed by atoms with E-state index in [0.29, 0.717) is 22.9 Å². The third-order valence-electron chi connectivity index (χ3n) is 5.50. The highest BCUT2D eigenvalue weighted by Gasteiger charge is 2.20. The monoisotopic (exact) mass is 441 g/mol. The molecule has 0 amide bonds. The highest BCUT2D eigenvalue weighted by Crippen LogP contribution is 2.44. The van der Waals surface area contributed by atoms with E-state index in [1.54, 1.807) is 24.3 Å². The summed E-state index contributed by atoms with van der Waals surface area (Å²) in [7, 11) is 0. The van der Waals surface area contributed by atoms with E-state index in [4.69, 9.17) is 4.74 Å². The largest absolute Gasteiger partial charge is 0.508 e. The Balaban J connectivity index is 1.77. The average Bonchev–Trinajstić information content (AvgIpc) is 2.76. The van der Waals surface area contributed by atoms with Crippen molar-refractivity contribution in [2.24, 2.45) is 0 Å². The molecule has 0 aliphatic heterocycles. The number of nitrogens with zero attached hydrogens (tertiary/aromatic N) is 1. The number of benzene rings is 4. The van der Waals surface area contributed by atoms with Crippen LogP contribution in [-0.4, -0.2) is 15.3 Å². The normalized spacial score (nSPS) is 10.8. The van der Waals surface area contributed by atoms with Crippen LogP contribution in [0.2, 0.25) is 0 Å². The first-order valence-corrected chi connectivity index (χ1v) is 10.7. The minimum atomic E-state index is 0.108. The molecule has 0 unspecified atom stereocenters. The first-order valence-electron chi connectivity index (χ1n) is 10.7. The number of phenols is 3. The molecule has 3 N–H and O–H groups in total. The van der Waals surface area contributed by atoms with Gasteiger partial charge in [-0.15, -0.1) is 0 Å². The van der Waals surface area contributed by atoms with Crippen molar-refractivity contribution in [3.8, 4) is 28.7 Å². The molecule has 5 heteroatoms. The lowest BCUT2D eigenvalue weighted by Crippen LogP contribution is -2.11. The van der Waals surface area contributed by atoms with Crippen LogP contribution < -0.4 is 9.64 Å². The molecular weight excluding hydrogens is 414 g/mol. The maximum absolute atomic E-state index is 10.7. The van der Waals surface area contributed by atoms with Crippen LogP contribution in [0.5, 0.6) is 28.7 Å². The van der Waals surface area contributed by atoms with Crippen LogP contribution in [0.3, 0.4) is 0 Å². The van der Waals surface area contributed by atoms with Gasteiger partial charge in [0.25, 0.3) is 0 Å². The van der Waals surface area contributed by atoms with Crippen LogP contribution in [0.25, 0.3) is 0 Å². The van der Waals surface area contributed by atoms with Gasteiger partial charge in [0.2, 0.25) is 0 Å². The van der Waals surface area contributed by atoms with Gasteiger partial charge < -0.3 is 25.0 Å². The molecule has 5 nitrogen and oxygen atoms in total. The van der Waals surface area contributed by atoms with E-state index < -0.39 is 0 Å². The maximum Gasteiger partial charge on any atom is 0.139 e. The summed E-state index contributed by atoms with van der Waals surface area (Å²) in [6, 6.07) is 21.5. The van der Waals surface area contributed by atoms with E-state index in [1.807, 2.05) is 81.1 Å². The molecule has 0 aromatic heterocycles. The number of anilines is 3. The van der Waals surface area contributed by atoms with Gasteiger partial charge in [0.1, 0.15) is 28.7 Å². The minimum Gasteiger partial charge on any atom is -0.508 e. The lowest BCUT2D eigenvalue weighted by molar-refractivity contribution is 0.458. The summed E-state index contributed by atoms with van der Waals surface area (Å²) in [6.07, 6.45) is 0. The second-order valence-electron chi connectivity index (χ2n) is 8.32. The fourth-order valence-corrected chi connectivity index (χ4v) is 3.90. The van der Waals surface area contributed by atoms with Crippen LogP contribution in [0.15, 0.2) is 72.8 Å². The Morgan fingerprint density at radius 2 is 1.09 bits per heavy atom. The highest BCUT2D eigenvalue weighted by atomic mass is 16.5. The molecule has 0 aliphatic rings. The molecule has 33 heavy (non-hydrogen) atoms. The molecule has 0 saturated carbocycles.